The first-order valence-corrected chi connectivity index (χ1v) is 6.66. The van der Waals surface area contributed by atoms with Crippen molar-refractivity contribution in [2.24, 2.45) is 5.84 Å². The molecule has 10 nitrogen and oxygen atoms in total. The summed E-state index contributed by atoms with van der Waals surface area (Å²) in [5.74, 6) is 6.53. The van der Waals surface area contributed by atoms with Gasteiger partial charge in [0, 0.05) is 20.2 Å². The van der Waals surface area contributed by atoms with Gasteiger partial charge in [0.05, 0.1) is 6.10 Å². The van der Waals surface area contributed by atoms with Crippen molar-refractivity contribution in [1.82, 2.24) is 29.7 Å². The minimum Gasteiger partial charge on any atom is -0.376 e. The summed E-state index contributed by atoms with van der Waals surface area (Å²) >= 11 is 0. The summed E-state index contributed by atoms with van der Waals surface area (Å²) in [7, 11) is 1.91. The Kier molecular flexibility index (Phi) is 3.88. The molecule has 112 valence electrons. The van der Waals surface area contributed by atoms with Crippen LogP contribution in [0.3, 0.4) is 0 Å². The SMILES string of the molecule is CN(CC1CCCO1)c1nc(NN)nc(-n2cncn2)n1. The van der Waals surface area contributed by atoms with Crippen LogP contribution in [0.5, 0.6) is 0 Å². The number of nitrogen functional groups attached to an aromatic ring is 1. The molecule has 0 aromatic carbocycles. The Morgan fingerprint density at radius 1 is 1.48 bits per heavy atom. The molecule has 0 spiro atoms. The molecule has 3 rings (SSSR count). The van der Waals surface area contributed by atoms with E-state index in [2.05, 4.69) is 30.5 Å². The Balaban J connectivity index is 1.84. The molecule has 1 fully saturated rings. The molecule has 21 heavy (non-hydrogen) atoms. The number of aromatic nitrogens is 6. The van der Waals surface area contributed by atoms with Crippen LogP contribution in [-0.2, 0) is 4.74 Å². The highest BCUT2D eigenvalue weighted by molar-refractivity contribution is 5.38. The molecule has 2 aromatic heterocycles. The predicted molar refractivity (Wildman–Crippen MR) is 74.8 cm³/mol. The molecule has 10 heteroatoms. The van der Waals surface area contributed by atoms with Gasteiger partial charge in [0.25, 0.3) is 5.95 Å². The average Bonchev–Trinajstić information content (AvgIpc) is 3.20. The van der Waals surface area contributed by atoms with Gasteiger partial charge in [0.2, 0.25) is 11.9 Å². The van der Waals surface area contributed by atoms with Crippen LogP contribution in [0.4, 0.5) is 11.9 Å². The Morgan fingerprint density at radius 2 is 2.38 bits per heavy atom. The molecule has 1 aliphatic rings. The van der Waals surface area contributed by atoms with E-state index in [1.807, 2.05) is 11.9 Å². The normalized spacial score (nSPS) is 17.9. The smallest absolute Gasteiger partial charge is 0.258 e. The lowest BCUT2D eigenvalue weighted by atomic mass is 10.2. The van der Waals surface area contributed by atoms with E-state index in [9.17, 15) is 0 Å². The number of hydrogen-bond donors (Lipinski definition) is 2. The zero-order valence-electron chi connectivity index (χ0n) is 11.7. The highest BCUT2D eigenvalue weighted by Gasteiger charge is 2.20. The van der Waals surface area contributed by atoms with Crippen LogP contribution >= 0.6 is 0 Å². The third-order valence-electron chi connectivity index (χ3n) is 3.21. The largest absolute Gasteiger partial charge is 0.376 e. The molecule has 3 heterocycles. The van der Waals surface area contributed by atoms with Crippen molar-refractivity contribution >= 4 is 11.9 Å². The first-order valence-electron chi connectivity index (χ1n) is 6.66. The van der Waals surface area contributed by atoms with Gasteiger partial charge >= 0.3 is 0 Å². The lowest BCUT2D eigenvalue weighted by molar-refractivity contribution is 0.116. The summed E-state index contributed by atoms with van der Waals surface area (Å²) in [6.07, 6.45) is 5.27. The van der Waals surface area contributed by atoms with E-state index >= 15 is 0 Å². The molecule has 1 aliphatic heterocycles. The maximum atomic E-state index is 5.62. The van der Waals surface area contributed by atoms with Gasteiger partial charge < -0.3 is 9.64 Å². The Labute approximate surface area is 121 Å². The molecule has 2 aromatic rings. The van der Waals surface area contributed by atoms with E-state index in [-0.39, 0.29) is 12.1 Å². The maximum absolute atomic E-state index is 5.62. The number of nitrogens with two attached hydrogens (primary N) is 1. The van der Waals surface area contributed by atoms with Crippen LogP contribution in [-0.4, -0.2) is 56.0 Å². The van der Waals surface area contributed by atoms with Gasteiger partial charge in [0.1, 0.15) is 12.7 Å². The summed E-state index contributed by atoms with van der Waals surface area (Å²) in [5, 5.41) is 4.01. The van der Waals surface area contributed by atoms with Gasteiger partial charge in [-0.1, -0.05) is 0 Å². The first kappa shape index (κ1) is 13.6. The van der Waals surface area contributed by atoms with E-state index in [0.29, 0.717) is 18.4 Å². The molecule has 0 amide bonds. The lowest BCUT2D eigenvalue weighted by Gasteiger charge is -2.21. The summed E-state index contributed by atoms with van der Waals surface area (Å²) in [6, 6.07) is 0. The highest BCUT2D eigenvalue weighted by Crippen LogP contribution is 2.16. The van der Waals surface area contributed by atoms with Crippen LogP contribution in [0.15, 0.2) is 12.7 Å². The van der Waals surface area contributed by atoms with Gasteiger partial charge in [-0.05, 0) is 12.8 Å². The summed E-state index contributed by atoms with van der Waals surface area (Å²) in [5.41, 5.74) is 2.44. The van der Waals surface area contributed by atoms with Crippen LogP contribution in [0, 0.1) is 0 Å². The van der Waals surface area contributed by atoms with E-state index < -0.39 is 0 Å². The second-order valence-electron chi connectivity index (χ2n) is 4.76. The van der Waals surface area contributed by atoms with Crippen LogP contribution < -0.4 is 16.2 Å². The molecular formula is C11H17N9O. The van der Waals surface area contributed by atoms with Gasteiger partial charge in [-0.25, -0.2) is 10.8 Å². The first-order chi connectivity index (χ1) is 10.3. The van der Waals surface area contributed by atoms with Gasteiger partial charge in [-0.2, -0.15) is 24.7 Å². The number of ether oxygens (including phenoxy) is 1. The Morgan fingerprint density at radius 3 is 3.05 bits per heavy atom. The van der Waals surface area contributed by atoms with E-state index in [0.717, 1.165) is 19.4 Å². The molecule has 0 aliphatic carbocycles. The Bertz CT molecular complexity index is 581. The zero-order chi connectivity index (χ0) is 14.7. The predicted octanol–water partition coefficient (Wildman–Crippen LogP) is -0.647. The molecule has 1 saturated heterocycles. The zero-order valence-corrected chi connectivity index (χ0v) is 11.7. The van der Waals surface area contributed by atoms with Crippen LogP contribution in [0.1, 0.15) is 12.8 Å². The standard InChI is InChI=1S/C11H17N9O/c1-19(5-8-3-2-4-21-8)10-15-9(18-12)16-11(17-10)20-7-13-6-14-20/h6-8H,2-5,12H2,1H3,(H,15,16,17,18). The van der Waals surface area contributed by atoms with Crippen LogP contribution in [0.2, 0.25) is 0 Å². The molecular weight excluding hydrogens is 274 g/mol. The molecule has 3 N–H and O–H groups in total. The molecule has 0 bridgehead atoms. The minimum atomic E-state index is 0.205. The summed E-state index contributed by atoms with van der Waals surface area (Å²) in [6.45, 7) is 1.53. The van der Waals surface area contributed by atoms with Gasteiger partial charge in [0.15, 0.2) is 0 Å². The monoisotopic (exact) mass is 291 g/mol. The van der Waals surface area contributed by atoms with Crippen molar-refractivity contribution in [3.05, 3.63) is 12.7 Å². The minimum absolute atomic E-state index is 0.205. The van der Waals surface area contributed by atoms with Crippen molar-refractivity contribution in [3.63, 3.8) is 0 Å². The second-order valence-corrected chi connectivity index (χ2v) is 4.76. The number of likely N-dealkylation sites (N-methyl/N-ethyl adjacent to an activating group) is 1. The topological polar surface area (TPSA) is 120 Å². The quantitative estimate of drug-likeness (QED) is 0.547. The Hall–Kier alpha value is -2.33. The maximum Gasteiger partial charge on any atom is 0.258 e. The average molecular weight is 291 g/mol. The fourth-order valence-electron chi connectivity index (χ4n) is 2.18. The summed E-state index contributed by atoms with van der Waals surface area (Å²) < 4.78 is 7.07. The number of rotatable bonds is 5. The number of nitrogens with one attached hydrogen (secondary N) is 1. The third-order valence-corrected chi connectivity index (χ3v) is 3.21. The van der Waals surface area contributed by atoms with E-state index in [1.54, 1.807) is 0 Å². The van der Waals surface area contributed by atoms with Crippen molar-refractivity contribution in [2.75, 3.05) is 30.5 Å². The van der Waals surface area contributed by atoms with Gasteiger partial charge in [-0.15, -0.1) is 0 Å². The van der Waals surface area contributed by atoms with E-state index in [1.165, 1.54) is 17.3 Å². The second kappa shape index (κ2) is 5.97. The summed E-state index contributed by atoms with van der Waals surface area (Å²) in [4.78, 5) is 18.6. The molecule has 0 saturated carbocycles. The fraction of sp³-hybridized carbons (Fsp3) is 0.545. The molecule has 1 atom stereocenters. The van der Waals surface area contributed by atoms with Crippen molar-refractivity contribution < 1.29 is 4.74 Å². The van der Waals surface area contributed by atoms with Crippen molar-refractivity contribution in [1.29, 1.82) is 0 Å². The third kappa shape index (κ3) is 3.06. The number of hydrogen-bond acceptors (Lipinski definition) is 9. The molecule has 1 unspecified atom stereocenters. The van der Waals surface area contributed by atoms with Crippen molar-refractivity contribution in [2.45, 2.75) is 18.9 Å². The lowest BCUT2D eigenvalue weighted by Crippen LogP contribution is -2.30. The van der Waals surface area contributed by atoms with Gasteiger partial charge in [-0.3, -0.25) is 5.43 Å². The van der Waals surface area contributed by atoms with E-state index in [4.69, 9.17) is 10.6 Å². The number of nitrogens with zero attached hydrogens (tertiary/aromatic N) is 7. The number of anilines is 2. The van der Waals surface area contributed by atoms with Crippen LogP contribution in [0.25, 0.3) is 5.95 Å². The molecule has 0 radical (unpaired) electrons. The van der Waals surface area contributed by atoms with Crippen molar-refractivity contribution in [3.8, 4) is 5.95 Å². The number of hydrazine groups is 1. The highest BCUT2D eigenvalue weighted by atomic mass is 16.5. The fourth-order valence-corrected chi connectivity index (χ4v) is 2.18.